The Morgan fingerprint density at radius 3 is 2.26 bits per heavy atom. The average Bonchev–Trinajstić information content (AvgIpc) is 2.91. The van der Waals surface area contributed by atoms with Crippen molar-refractivity contribution in [1.29, 1.82) is 0 Å². The average molecular weight is 398 g/mol. The standard InChI is InChI=1S/C21H19NO3S2/c1-13(2)15-10-8-14(9-11-15)12-17-19(23)22(21(26)27-17)18(20(24)25)16-6-4-3-5-7-16/h3-13,18H,1-2H3,(H,24,25)/b17-12-/t18-/m0/s1. The number of aliphatic carboxylic acids is 1. The van der Waals surface area contributed by atoms with E-state index in [1.54, 1.807) is 36.4 Å². The van der Waals surface area contributed by atoms with Gasteiger partial charge in [-0.15, -0.1) is 0 Å². The first-order chi connectivity index (χ1) is 12.9. The maximum atomic E-state index is 12.9. The fourth-order valence-electron chi connectivity index (χ4n) is 2.87. The first-order valence-electron chi connectivity index (χ1n) is 8.53. The van der Waals surface area contributed by atoms with E-state index in [-0.39, 0.29) is 10.2 Å². The van der Waals surface area contributed by atoms with Gasteiger partial charge in [0.1, 0.15) is 4.32 Å². The summed E-state index contributed by atoms with van der Waals surface area (Å²) in [6.45, 7) is 4.24. The zero-order valence-corrected chi connectivity index (χ0v) is 16.6. The number of carboxylic acids is 1. The predicted molar refractivity (Wildman–Crippen MR) is 112 cm³/mol. The normalized spacial score (nSPS) is 17.0. The Kier molecular flexibility index (Phi) is 5.77. The minimum absolute atomic E-state index is 0.251. The third-order valence-electron chi connectivity index (χ3n) is 4.33. The third kappa shape index (κ3) is 4.12. The second-order valence-electron chi connectivity index (χ2n) is 6.52. The molecule has 3 rings (SSSR count). The second kappa shape index (κ2) is 8.06. The number of amides is 1. The van der Waals surface area contributed by atoms with Gasteiger partial charge in [-0.2, -0.15) is 0 Å². The fourth-order valence-corrected chi connectivity index (χ4v) is 4.18. The predicted octanol–water partition coefficient (Wildman–Crippen LogP) is 4.84. The Hall–Kier alpha value is -2.44. The molecule has 2 aromatic rings. The summed E-state index contributed by atoms with van der Waals surface area (Å²) in [4.78, 5) is 26.4. The number of rotatable bonds is 5. The van der Waals surface area contributed by atoms with E-state index in [1.807, 2.05) is 24.3 Å². The molecule has 27 heavy (non-hydrogen) atoms. The maximum Gasteiger partial charge on any atom is 0.331 e. The summed E-state index contributed by atoms with van der Waals surface area (Å²) in [6.07, 6.45) is 1.76. The SMILES string of the molecule is CC(C)c1ccc(/C=C2\SC(=S)N([C@H](C(=O)O)c3ccccc3)C2=O)cc1. The Labute approximate surface area is 167 Å². The second-order valence-corrected chi connectivity index (χ2v) is 8.20. The van der Waals surface area contributed by atoms with Gasteiger partial charge in [-0.1, -0.05) is 92.4 Å². The van der Waals surface area contributed by atoms with Crippen molar-refractivity contribution in [3.63, 3.8) is 0 Å². The monoisotopic (exact) mass is 397 g/mol. The van der Waals surface area contributed by atoms with E-state index in [0.717, 1.165) is 17.3 Å². The summed E-state index contributed by atoms with van der Waals surface area (Å²) in [7, 11) is 0. The van der Waals surface area contributed by atoms with Crippen LogP contribution in [0.5, 0.6) is 0 Å². The van der Waals surface area contributed by atoms with Crippen LogP contribution in [-0.4, -0.2) is 26.2 Å². The molecule has 1 saturated heterocycles. The van der Waals surface area contributed by atoms with E-state index in [1.165, 1.54) is 10.5 Å². The van der Waals surface area contributed by atoms with E-state index >= 15 is 0 Å². The van der Waals surface area contributed by atoms with Gasteiger partial charge in [-0.05, 0) is 28.7 Å². The molecule has 4 nitrogen and oxygen atoms in total. The first-order valence-corrected chi connectivity index (χ1v) is 9.75. The summed E-state index contributed by atoms with van der Waals surface area (Å²) in [5.41, 5.74) is 2.62. The van der Waals surface area contributed by atoms with Crippen molar-refractivity contribution in [1.82, 2.24) is 4.90 Å². The van der Waals surface area contributed by atoms with Crippen LogP contribution in [-0.2, 0) is 9.59 Å². The highest BCUT2D eigenvalue weighted by atomic mass is 32.2. The highest BCUT2D eigenvalue weighted by Crippen LogP contribution is 2.38. The lowest BCUT2D eigenvalue weighted by Gasteiger charge is -2.23. The van der Waals surface area contributed by atoms with Gasteiger partial charge in [0, 0.05) is 0 Å². The van der Waals surface area contributed by atoms with Crippen LogP contribution in [0.25, 0.3) is 6.08 Å². The molecule has 0 unspecified atom stereocenters. The van der Waals surface area contributed by atoms with Crippen molar-refractivity contribution in [2.24, 2.45) is 0 Å². The van der Waals surface area contributed by atoms with Crippen molar-refractivity contribution in [2.45, 2.75) is 25.8 Å². The van der Waals surface area contributed by atoms with Gasteiger partial charge >= 0.3 is 5.97 Å². The minimum Gasteiger partial charge on any atom is -0.479 e. The molecule has 1 amide bonds. The lowest BCUT2D eigenvalue weighted by molar-refractivity contribution is -0.145. The molecule has 6 heteroatoms. The Bertz CT molecular complexity index is 905. The highest BCUT2D eigenvalue weighted by molar-refractivity contribution is 8.26. The lowest BCUT2D eigenvalue weighted by atomic mass is 10.0. The number of thiocarbonyl (C=S) groups is 1. The van der Waals surface area contributed by atoms with E-state index in [2.05, 4.69) is 13.8 Å². The molecule has 2 aromatic carbocycles. The number of carbonyl (C=O) groups is 2. The van der Waals surface area contributed by atoms with Crippen molar-refractivity contribution >= 4 is 46.3 Å². The lowest BCUT2D eigenvalue weighted by Crippen LogP contribution is -2.37. The van der Waals surface area contributed by atoms with E-state index < -0.39 is 12.0 Å². The zero-order valence-electron chi connectivity index (χ0n) is 15.0. The molecule has 1 N–H and O–H groups in total. The maximum absolute atomic E-state index is 12.9. The number of benzene rings is 2. The van der Waals surface area contributed by atoms with Gasteiger partial charge in [-0.3, -0.25) is 9.69 Å². The van der Waals surface area contributed by atoms with E-state index in [9.17, 15) is 14.7 Å². The molecule has 1 fully saturated rings. The number of thioether (sulfide) groups is 1. The molecule has 1 heterocycles. The molecule has 138 valence electrons. The molecule has 0 bridgehead atoms. The van der Waals surface area contributed by atoms with Gasteiger partial charge in [0.15, 0.2) is 6.04 Å². The molecule has 0 spiro atoms. The van der Waals surface area contributed by atoms with Crippen molar-refractivity contribution in [3.05, 3.63) is 76.2 Å². The number of hydrogen-bond acceptors (Lipinski definition) is 4. The van der Waals surface area contributed by atoms with Crippen LogP contribution < -0.4 is 0 Å². The topological polar surface area (TPSA) is 57.6 Å². The van der Waals surface area contributed by atoms with Crippen LogP contribution in [0.15, 0.2) is 59.5 Å². The smallest absolute Gasteiger partial charge is 0.331 e. The molecule has 0 aliphatic carbocycles. The fraction of sp³-hybridized carbons (Fsp3) is 0.190. The first kappa shape index (κ1) is 19.3. The van der Waals surface area contributed by atoms with E-state index in [0.29, 0.717) is 16.4 Å². The largest absolute Gasteiger partial charge is 0.479 e. The summed E-state index contributed by atoms with van der Waals surface area (Å²) in [5.74, 6) is -1.06. The van der Waals surface area contributed by atoms with Crippen LogP contribution in [0.3, 0.4) is 0 Å². The number of carbonyl (C=O) groups excluding carboxylic acids is 1. The van der Waals surface area contributed by atoms with Crippen LogP contribution in [0.2, 0.25) is 0 Å². The van der Waals surface area contributed by atoms with Crippen LogP contribution >= 0.6 is 24.0 Å². The summed E-state index contributed by atoms with van der Waals surface area (Å²) in [5, 5.41) is 9.70. The molecule has 0 radical (unpaired) electrons. The van der Waals surface area contributed by atoms with Crippen molar-refractivity contribution < 1.29 is 14.7 Å². The molecular weight excluding hydrogens is 378 g/mol. The zero-order chi connectivity index (χ0) is 19.6. The Balaban J connectivity index is 1.91. The summed E-state index contributed by atoms with van der Waals surface area (Å²) >= 11 is 6.46. The number of nitrogens with zero attached hydrogens (tertiary/aromatic N) is 1. The quantitative estimate of drug-likeness (QED) is 0.578. The van der Waals surface area contributed by atoms with Crippen LogP contribution in [0.4, 0.5) is 0 Å². The van der Waals surface area contributed by atoms with Gasteiger partial charge in [-0.25, -0.2) is 4.79 Å². The van der Waals surface area contributed by atoms with Gasteiger partial charge < -0.3 is 5.11 Å². The molecule has 1 atom stereocenters. The molecule has 0 aromatic heterocycles. The minimum atomic E-state index is -1.13. The number of carboxylic acid groups (broad SMARTS) is 1. The Morgan fingerprint density at radius 1 is 1.07 bits per heavy atom. The Morgan fingerprint density at radius 2 is 1.70 bits per heavy atom. The molecule has 1 aliphatic heterocycles. The summed E-state index contributed by atoms with van der Waals surface area (Å²) < 4.78 is 0.251. The van der Waals surface area contributed by atoms with Crippen LogP contribution in [0, 0.1) is 0 Å². The van der Waals surface area contributed by atoms with Crippen molar-refractivity contribution in [2.75, 3.05) is 0 Å². The van der Waals surface area contributed by atoms with Gasteiger partial charge in [0.05, 0.1) is 4.91 Å². The van der Waals surface area contributed by atoms with Gasteiger partial charge in [0.25, 0.3) is 5.91 Å². The third-order valence-corrected chi connectivity index (χ3v) is 5.66. The van der Waals surface area contributed by atoms with Gasteiger partial charge in [0.2, 0.25) is 0 Å². The highest BCUT2D eigenvalue weighted by Gasteiger charge is 2.41. The van der Waals surface area contributed by atoms with E-state index in [4.69, 9.17) is 12.2 Å². The molecular formula is C21H19NO3S2. The van der Waals surface area contributed by atoms with Crippen molar-refractivity contribution in [3.8, 4) is 0 Å². The van der Waals surface area contributed by atoms with Crippen LogP contribution in [0.1, 0.15) is 42.5 Å². The number of hydrogen-bond donors (Lipinski definition) is 1. The summed E-state index contributed by atoms with van der Waals surface area (Å²) in [6, 6.07) is 15.5. The molecule has 1 aliphatic rings. The molecule has 0 saturated carbocycles.